The number of ether oxygens (including phenoxy) is 1. The molecule has 1 aromatic rings. The molecule has 2 N–H and O–H groups in total. The van der Waals surface area contributed by atoms with Gasteiger partial charge in [-0.15, -0.1) is 0 Å². The van der Waals surface area contributed by atoms with Gasteiger partial charge in [-0.05, 0) is 19.1 Å². The van der Waals surface area contributed by atoms with Crippen molar-refractivity contribution in [2.45, 2.75) is 6.92 Å². The molecule has 0 aromatic heterocycles. The van der Waals surface area contributed by atoms with Crippen molar-refractivity contribution in [1.29, 1.82) is 0 Å². The normalized spacial score (nSPS) is 10.1. The minimum Gasteiger partial charge on any atom is -0.478 e. The minimum absolute atomic E-state index is 0.251. The molecule has 1 aromatic carbocycles. The first-order valence-corrected chi connectivity index (χ1v) is 5.50. The third-order valence-corrected chi connectivity index (χ3v) is 2.14. The van der Waals surface area contributed by atoms with E-state index in [1.54, 1.807) is 0 Å². The Hall–Kier alpha value is -1.88. The number of anilines is 1. The van der Waals surface area contributed by atoms with Gasteiger partial charge < -0.3 is 15.2 Å². The smallest absolute Gasteiger partial charge is 0.340 e. The highest BCUT2D eigenvalue weighted by Crippen LogP contribution is 2.18. The Balaban J connectivity index is 2.54. The van der Waals surface area contributed by atoms with E-state index in [1.807, 2.05) is 6.92 Å². The number of halogens is 1. The van der Waals surface area contributed by atoms with Crippen LogP contribution in [0.1, 0.15) is 17.3 Å². The molecule has 5 heteroatoms. The Labute approximate surface area is 105 Å². The highest BCUT2D eigenvalue weighted by Gasteiger charge is 2.14. The van der Waals surface area contributed by atoms with Gasteiger partial charge in [0.1, 0.15) is 11.4 Å². The lowest BCUT2D eigenvalue weighted by Gasteiger charge is -2.10. The van der Waals surface area contributed by atoms with Gasteiger partial charge in [0.05, 0.1) is 18.9 Å². The molecule has 98 valence electrons. The summed E-state index contributed by atoms with van der Waals surface area (Å²) < 4.78 is 18.6. The molecule has 0 amide bonds. The minimum atomic E-state index is -1.29. The SMILES string of the molecule is C=C(C)COCCNc1cccc(F)c1C(=O)O. The van der Waals surface area contributed by atoms with E-state index in [4.69, 9.17) is 9.84 Å². The molecule has 0 atom stereocenters. The van der Waals surface area contributed by atoms with E-state index in [0.29, 0.717) is 19.8 Å². The van der Waals surface area contributed by atoms with Crippen LogP contribution in [0.25, 0.3) is 0 Å². The average Bonchev–Trinajstić information content (AvgIpc) is 2.27. The number of benzene rings is 1. The van der Waals surface area contributed by atoms with Crippen molar-refractivity contribution in [3.63, 3.8) is 0 Å². The van der Waals surface area contributed by atoms with E-state index in [2.05, 4.69) is 11.9 Å². The molecule has 0 bridgehead atoms. The van der Waals surface area contributed by atoms with Crippen molar-refractivity contribution in [1.82, 2.24) is 0 Å². The predicted octanol–water partition coefficient (Wildman–Crippen LogP) is 2.53. The Kier molecular flexibility index (Phi) is 5.32. The zero-order valence-corrected chi connectivity index (χ0v) is 10.2. The molecule has 0 aliphatic heterocycles. The van der Waals surface area contributed by atoms with Crippen molar-refractivity contribution in [2.75, 3.05) is 25.1 Å². The van der Waals surface area contributed by atoms with E-state index in [1.165, 1.54) is 12.1 Å². The number of carbonyl (C=O) groups is 1. The zero-order valence-electron chi connectivity index (χ0n) is 10.2. The molecule has 4 nitrogen and oxygen atoms in total. The van der Waals surface area contributed by atoms with Crippen molar-refractivity contribution < 1.29 is 19.0 Å². The number of hydrogen-bond acceptors (Lipinski definition) is 3. The Bertz CT molecular complexity index is 446. The van der Waals surface area contributed by atoms with Crippen LogP contribution in [0.4, 0.5) is 10.1 Å². The molecule has 0 aliphatic rings. The predicted molar refractivity (Wildman–Crippen MR) is 67.5 cm³/mol. The fourth-order valence-electron chi connectivity index (χ4n) is 1.39. The summed E-state index contributed by atoms with van der Waals surface area (Å²) >= 11 is 0. The molecule has 0 aliphatic carbocycles. The quantitative estimate of drug-likeness (QED) is 0.579. The summed E-state index contributed by atoms with van der Waals surface area (Å²) in [7, 11) is 0. The molecule has 1 rings (SSSR count). The maximum atomic E-state index is 13.3. The summed E-state index contributed by atoms with van der Waals surface area (Å²) in [4.78, 5) is 10.9. The lowest BCUT2D eigenvalue weighted by molar-refractivity contribution is 0.0693. The van der Waals surface area contributed by atoms with E-state index >= 15 is 0 Å². The van der Waals surface area contributed by atoms with Crippen LogP contribution in [0.2, 0.25) is 0 Å². The van der Waals surface area contributed by atoms with Gasteiger partial charge in [-0.2, -0.15) is 0 Å². The van der Waals surface area contributed by atoms with Crippen LogP contribution in [-0.2, 0) is 4.74 Å². The lowest BCUT2D eigenvalue weighted by atomic mass is 10.1. The Morgan fingerprint density at radius 2 is 2.28 bits per heavy atom. The van der Waals surface area contributed by atoms with Crippen molar-refractivity contribution in [2.24, 2.45) is 0 Å². The molecule has 0 unspecified atom stereocenters. The van der Waals surface area contributed by atoms with Crippen molar-refractivity contribution in [3.05, 3.63) is 41.7 Å². The Morgan fingerprint density at radius 1 is 1.56 bits per heavy atom. The second-order valence-electron chi connectivity index (χ2n) is 3.90. The maximum absolute atomic E-state index is 13.3. The summed E-state index contributed by atoms with van der Waals surface area (Å²) in [5, 5.41) is 11.7. The fraction of sp³-hybridized carbons (Fsp3) is 0.308. The molecular formula is C13H16FNO3. The van der Waals surface area contributed by atoms with Crippen LogP contribution in [0.15, 0.2) is 30.4 Å². The van der Waals surface area contributed by atoms with E-state index < -0.39 is 11.8 Å². The highest BCUT2D eigenvalue weighted by molar-refractivity contribution is 5.94. The van der Waals surface area contributed by atoms with Crippen LogP contribution < -0.4 is 5.32 Å². The summed E-state index contributed by atoms with van der Waals surface area (Å²) in [6.07, 6.45) is 0. The fourth-order valence-corrected chi connectivity index (χ4v) is 1.39. The van der Waals surface area contributed by atoms with Crippen LogP contribution in [0, 0.1) is 5.82 Å². The van der Waals surface area contributed by atoms with Crippen molar-refractivity contribution >= 4 is 11.7 Å². The summed E-state index contributed by atoms with van der Waals surface area (Å²) in [5.41, 5.74) is 0.811. The van der Waals surface area contributed by atoms with Gasteiger partial charge in [-0.25, -0.2) is 9.18 Å². The molecular weight excluding hydrogens is 237 g/mol. The van der Waals surface area contributed by atoms with Gasteiger partial charge in [0.25, 0.3) is 0 Å². The second-order valence-corrected chi connectivity index (χ2v) is 3.90. The van der Waals surface area contributed by atoms with Crippen LogP contribution in [-0.4, -0.2) is 30.8 Å². The third-order valence-electron chi connectivity index (χ3n) is 2.14. The van der Waals surface area contributed by atoms with E-state index in [9.17, 15) is 9.18 Å². The van der Waals surface area contributed by atoms with Gasteiger partial charge in [-0.3, -0.25) is 0 Å². The Morgan fingerprint density at radius 3 is 2.89 bits per heavy atom. The maximum Gasteiger partial charge on any atom is 0.340 e. The van der Waals surface area contributed by atoms with Gasteiger partial charge >= 0.3 is 5.97 Å². The monoisotopic (exact) mass is 253 g/mol. The summed E-state index contributed by atoms with van der Waals surface area (Å²) in [6, 6.07) is 4.09. The first-order valence-electron chi connectivity index (χ1n) is 5.50. The summed E-state index contributed by atoms with van der Waals surface area (Å²) in [5.74, 6) is -2.05. The van der Waals surface area contributed by atoms with Gasteiger partial charge in [0, 0.05) is 6.54 Å². The number of carboxylic acid groups (broad SMARTS) is 1. The van der Waals surface area contributed by atoms with Gasteiger partial charge in [0.15, 0.2) is 0 Å². The number of hydrogen-bond donors (Lipinski definition) is 2. The van der Waals surface area contributed by atoms with E-state index in [0.717, 1.165) is 11.6 Å². The number of carboxylic acids is 1. The molecule has 0 radical (unpaired) electrons. The summed E-state index contributed by atoms with van der Waals surface area (Å²) in [6.45, 7) is 6.78. The molecule has 0 spiro atoms. The number of nitrogens with one attached hydrogen (secondary N) is 1. The van der Waals surface area contributed by atoms with Crippen LogP contribution >= 0.6 is 0 Å². The molecule has 0 saturated carbocycles. The topological polar surface area (TPSA) is 58.6 Å². The van der Waals surface area contributed by atoms with E-state index in [-0.39, 0.29) is 11.3 Å². The molecule has 0 saturated heterocycles. The first kappa shape index (κ1) is 14.2. The highest BCUT2D eigenvalue weighted by atomic mass is 19.1. The standard InChI is InChI=1S/C13H16FNO3/c1-9(2)8-18-7-6-15-11-5-3-4-10(14)12(11)13(16)17/h3-5,15H,1,6-8H2,2H3,(H,16,17). The molecule has 18 heavy (non-hydrogen) atoms. The molecule has 0 fully saturated rings. The molecule has 0 heterocycles. The third kappa shape index (κ3) is 4.18. The van der Waals surface area contributed by atoms with Crippen LogP contribution in [0.3, 0.4) is 0 Å². The first-order chi connectivity index (χ1) is 8.52. The van der Waals surface area contributed by atoms with Gasteiger partial charge in [0.2, 0.25) is 0 Å². The lowest BCUT2D eigenvalue weighted by Crippen LogP contribution is -2.14. The van der Waals surface area contributed by atoms with Crippen molar-refractivity contribution in [3.8, 4) is 0 Å². The number of aromatic carboxylic acids is 1. The second kappa shape index (κ2) is 6.76. The average molecular weight is 253 g/mol. The largest absolute Gasteiger partial charge is 0.478 e. The van der Waals surface area contributed by atoms with Crippen LogP contribution in [0.5, 0.6) is 0 Å². The zero-order chi connectivity index (χ0) is 13.5. The van der Waals surface area contributed by atoms with Gasteiger partial charge in [-0.1, -0.05) is 18.2 Å². The number of rotatable bonds is 7.